The van der Waals surface area contributed by atoms with Crippen molar-refractivity contribution in [3.63, 3.8) is 0 Å². The van der Waals surface area contributed by atoms with E-state index in [0.29, 0.717) is 6.40 Å². The van der Waals surface area contributed by atoms with Gasteiger partial charge in [-0.25, -0.2) is 8.78 Å². The summed E-state index contributed by atoms with van der Waals surface area (Å²) < 4.78 is 30.1. The van der Waals surface area contributed by atoms with Gasteiger partial charge in [-0.05, 0) is 18.6 Å². The number of benzene rings is 1. The molecule has 0 aliphatic rings. The molecule has 1 rings (SSSR count). The second kappa shape index (κ2) is 3.30. The maximum atomic E-state index is 13.0. The molecule has 0 radical (unpaired) electrons. The molecule has 0 amide bonds. The number of hydrogen-bond donors (Lipinski definition) is 1. The number of hydrogen-bond acceptors (Lipinski definition) is 2. The second-order valence-electron chi connectivity index (χ2n) is 2.24. The van der Waals surface area contributed by atoms with Crippen LogP contribution in [-0.2, 0) is 0 Å². The van der Waals surface area contributed by atoms with Crippen molar-refractivity contribution < 1.29 is 13.5 Å². The van der Waals surface area contributed by atoms with Gasteiger partial charge in [-0.3, -0.25) is 5.41 Å². The minimum absolute atomic E-state index is 0.285. The van der Waals surface area contributed by atoms with Crippen molar-refractivity contribution >= 4 is 6.40 Å². The van der Waals surface area contributed by atoms with Crippen LogP contribution in [0, 0.1) is 24.0 Å². The molecule has 0 aliphatic carbocycles. The maximum Gasteiger partial charge on any atom is 0.200 e. The van der Waals surface area contributed by atoms with Gasteiger partial charge in [0.05, 0.1) is 0 Å². The zero-order chi connectivity index (χ0) is 9.14. The van der Waals surface area contributed by atoms with Crippen LogP contribution in [0.5, 0.6) is 5.75 Å². The topological polar surface area (TPSA) is 33.1 Å². The van der Waals surface area contributed by atoms with Gasteiger partial charge in [0, 0.05) is 0 Å². The summed E-state index contributed by atoms with van der Waals surface area (Å²) in [6.07, 6.45) is 0.487. The zero-order valence-electron chi connectivity index (χ0n) is 6.40. The molecule has 0 unspecified atom stereocenters. The van der Waals surface area contributed by atoms with E-state index in [2.05, 4.69) is 4.74 Å². The van der Waals surface area contributed by atoms with E-state index in [1.807, 2.05) is 0 Å². The minimum Gasteiger partial charge on any atom is -0.440 e. The monoisotopic (exact) mass is 171 g/mol. The molecule has 0 saturated carbocycles. The Kier molecular flexibility index (Phi) is 2.38. The van der Waals surface area contributed by atoms with Crippen molar-refractivity contribution in [1.82, 2.24) is 0 Å². The molecule has 1 N–H and O–H groups in total. The average molecular weight is 171 g/mol. The molecule has 2 nitrogen and oxygen atoms in total. The van der Waals surface area contributed by atoms with Crippen LogP contribution in [0.15, 0.2) is 12.1 Å². The van der Waals surface area contributed by atoms with Gasteiger partial charge in [0.15, 0.2) is 23.8 Å². The number of nitrogens with one attached hydrogen (secondary N) is 1. The lowest BCUT2D eigenvalue weighted by Gasteiger charge is -2.03. The fourth-order valence-corrected chi connectivity index (χ4v) is 0.798. The summed E-state index contributed by atoms with van der Waals surface area (Å²) in [4.78, 5) is 0. The molecule has 1 aromatic rings. The van der Waals surface area contributed by atoms with Crippen LogP contribution in [0.2, 0.25) is 0 Å². The van der Waals surface area contributed by atoms with Crippen molar-refractivity contribution in [2.24, 2.45) is 0 Å². The summed E-state index contributed by atoms with van der Waals surface area (Å²) >= 11 is 0. The molecule has 0 aliphatic heterocycles. The minimum atomic E-state index is -0.804. The summed E-state index contributed by atoms with van der Waals surface area (Å²) in [6.45, 7) is 1.49. The Morgan fingerprint density at radius 3 is 2.67 bits per heavy atom. The highest BCUT2D eigenvalue weighted by atomic mass is 19.1. The molecule has 1 aromatic carbocycles. The fraction of sp³-hybridized carbons (Fsp3) is 0.125. The molecule has 0 atom stereocenters. The van der Waals surface area contributed by atoms with Gasteiger partial charge in [0.1, 0.15) is 0 Å². The summed E-state index contributed by atoms with van der Waals surface area (Å²) in [5.41, 5.74) is 0.285. The van der Waals surface area contributed by atoms with E-state index >= 15 is 0 Å². The molecule has 0 bridgehead atoms. The van der Waals surface area contributed by atoms with Crippen molar-refractivity contribution in [1.29, 1.82) is 5.41 Å². The number of ether oxygens (including phenoxy) is 1. The molecular weight excluding hydrogens is 164 g/mol. The first kappa shape index (κ1) is 8.64. The number of halogens is 2. The average Bonchev–Trinajstić information content (AvgIpc) is 2.06. The van der Waals surface area contributed by atoms with Gasteiger partial charge in [-0.2, -0.15) is 0 Å². The van der Waals surface area contributed by atoms with Gasteiger partial charge in [0.2, 0.25) is 0 Å². The van der Waals surface area contributed by atoms with Crippen molar-refractivity contribution in [2.75, 3.05) is 0 Å². The van der Waals surface area contributed by atoms with Gasteiger partial charge in [-0.15, -0.1) is 0 Å². The van der Waals surface area contributed by atoms with Crippen LogP contribution >= 0.6 is 0 Å². The zero-order valence-corrected chi connectivity index (χ0v) is 6.40. The molecular formula is C8H7F2NO. The van der Waals surface area contributed by atoms with Gasteiger partial charge >= 0.3 is 0 Å². The SMILES string of the molecule is Cc1ccc(F)c(OC=N)c1F. The highest BCUT2D eigenvalue weighted by Crippen LogP contribution is 2.23. The summed E-state index contributed by atoms with van der Waals surface area (Å²) in [5.74, 6) is -2.09. The number of aryl methyl sites for hydroxylation is 1. The van der Waals surface area contributed by atoms with Gasteiger partial charge in [0.25, 0.3) is 0 Å². The predicted octanol–water partition coefficient (Wildman–Crippen LogP) is 2.26. The van der Waals surface area contributed by atoms with Crippen LogP contribution in [0.25, 0.3) is 0 Å². The second-order valence-corrected chi connectivity index (χ2v) is 2.24. The smallest absolute Gasteiger partial charge is 0.200 e. The Hall–Kier alpha value is -1.45. The first-order chi connectivity index (χ1) is 5.66. The van der Waals surface area contributed by atoms with E-state index in [1.54, 1.807) is 0 Å². The summed E-state index contributed by atoms with van der Waals surface area (Å²) in [5, 5.41) is 6.52. The van der Waals surface area contributed by atoms with E-state index in [4.69, 9.17) is 5.41 Å². The standard InChI is InChI=1S/C8H7F2NO/c1-5-2-3-6(9)8(7(5)10)12-4-11/h2-4,11H,1H3. The molecule has 64 valence electrons. The molecule has 0 saturated heterocycles. The lowest BCUT2D eigenvalue weighted by atomic mass is 10.2. The highest BCUT2D eigenvalue weighted by molar-refractivity contribution is 5.49. The van der Waals surface area contributed by atoms with Gasteiger partial charge < -0.3 is 4.74 Å². The van der Waals surface area contributed by atoms with Crippen LogP contribution in [0.1, 0.15) is 5.56 Å². The Bertz CT molecular complexity index is 312. The molecule has 0 heterocycles. The van der Waals surface area contributed by atoms with E-state index in [9.17, 15) is 8.78 Å². The number of rotatable bonds is 2. The predicted molar refractivity (Wildman–Crippen MR) is 40.5 cm³/mol. The fourth-order valence-electron chi connectivity index (χ4n) is 0.798. The molecule has 4 heteroatoms. The first-order valence-electron chi connectivity index (χ1n) is 3.27. The van der Waals surface area contributed by atoms with Crippen LogP contribution in [0.3, 0.4) is 0 Å². The Morgan fingerprint density at radius 2 is 2.08 bits per heavy atom. The van der Waals surface area contributed by atoms with Crippen molar-refractivity contribution in [3.8, 4) is 5.75 Å². The van der Waals surface area contributed by atoms with Crippen molar-refractivity contribution in [3.05, 3.63) is 29.3 Å². The van der Waals surface area contributed by atoms with E-state index in [-0.39, 0.29) is 5.56 Å². The quantitative estimate of drug-likeness (QED) is 0.537. The molecule has 0 aromatic heterocycles. The third-order valence-electron chi connectivity index (χ3n) is 1.42. The Morgan fingerprint density at radius 1 is 1.42 bits per heavy atom. The lowest BCUT2D eigenvalue weighted by Crippen LogP contribution is -1.97. The third-order valence-corrected chi connectivity index (χ3v) is 1.42. The lowest BCUT2D eigenvalue weighted by molar-refractivity contribution is 0.453. The van der Waals surface area contributed by atoms with E-state index in [0.717, 1.165) is 6.07 Å². The van der Waals surface area contributed by atoms with Crippen LogP contribution in [-0.4, -0.2) is 6.40 Å². The maximum absolute atomic E-state index is 13.0. The van der Waals surface area contributed by atoms with Crippen molar-refractivity contribution in [2.45, 2.75) is 6.92 Å². The van der Waals surface area contributed by atoms with Crippen LogP contribution in [0.4, 0.5) is 8.78 Å². The van der Waals surface area contributed by atoms with E-state index < -0.39 is 17.4 Å². The molecule has 0 fully saturated rings. The van der Waals surface area contributed by atoms with Gasteiger partial charge in [-0.1, -0.05) is 6.07 Å². The van der Waals surface area contributed by atoms with Crippen LogP contribution < -0.4 is 4.74 Å². The Balaban J connectivity index is 3.22. The molecule has 12 heavy (non-hydrogen) atoms. The highest BCUT2D eigenvalue weighted by Gasteiger charge is 2.11. The summed E-state index contributed by atoms with van der Waals surface area (Å²) in [7, 11) is 0. The molecule has 0 spiro atoms. The van der Waals surface area contributed by atoms with E-state index in [1.165, 1.54) is 13.0 Å². The summed E-state index contributed by atoms with van der Waals surface area (Å²) in [6, 6.07) is 2.40. The third kappa shape index (κ3) is 1.42. The largest absolute Gasteiger partial charge is 0.440 e. The normalized spacial score (nSPS) is 9.58. The Labute approximate surface area is 68.3 Å². The first-order valence-corrected chi connectivity index (χ1v) is 3.27.